The molecule has 1 rings (SSSR count). The van der Waals surface area contributed by atoms with Crippen molar-refractivity contribution < 1.29 is 28.5 Å². The second-order valence-electron chi connectivity index (χ2n) is 10.1. The molecule has 2 unspecified atom stereocenters. The lowest BCUT2D eigenvalue weighted by Crippen LogP contribution is -2.53. The van der Waals surface area contributed by atoms with Crippen molar-refractivity contribution in [1.29, 1.82) is 0 Å². The molecule has 37 heavy (non-hydrogen) atoms. The molecule has 0 aliphatic rings. The van der Waals surface area contributed by atoms with Crippen molar-refractivity contribution in [2.24, 2.45) is 5.41 Å². The van der Waals surface area contributed by atoms with E-state index in [2.05, 4.69) is 16.0 Å². The van der Waals surface area contributed by atoms with Crippen LogP contribution >= 0.6 is 19.7 Å². The zero-order chi connectivity index (χ0) is 28.2. The number of benzene rings is 1. The van der Waals surface area contributed by atoms with Crippen molar-refractivity contribution in [2.75, 3.05) is 19.9 Å². The summed E-state index contributed by atoms with van der Waals surface area (Å²) in [5, 5.41) is 8.41. The second-order valence-corrected chi connectivity index (χ2v) is 12.3. The van der Waals surface area contributed by atoms with Gasteiger partial charge in [0, 0.05) is 24.4 Å². The van der Waals surface area contributed by atoms with Crippen molar-refractivity contribution in [2.45, 2.75) is 71.9 Å². The van der Waals surface area contributed by atoms with Crippen LogP contribution in [0.1, 0.15) is 58.9 Å². The van der Waals surface area contributed by atoms with Crippen LogP contribution < -0.4 is 20.5 Å². The molecule has 0 spiro atoms. The Morgan fingerprint density at radius 1 is 1.05 bits per heavy atom. The molecule has 0 bridgehead atoms. The quantitative estimate of drug-likeness (QED) is 0.173. The van der Waals surface area contributed by atoms with Crippen LogP contribution in [0, 0.1) is 5.41 Å². The molecule has 0 radical (unpaired) electrons. The molecule has 206 valence electrons. The molecule has 0 heterocycles. The maximum Gasteiger partial charge on any atom is 0.243 e. The lowest BCUT2D eigenvalue weighted by molar-refractivity contribution is -0.135. The first-order chi connectivity index (χ1) is 17.2. The second kappa shape index (κ2) is 15.7. The largest absolute Gasteiger partial charge is 0.475 e. The van der Waals surface area contributed by atoms with Crippen LogP contribution in [0.2, 0.25) is 5.02 Å². The lowest BCUT2D eigenvalue weighted by atomic mass is 9.87. The molecule has 2 atom stereocenters. The Morgan fingerprint density at radius 2 is 1.73 bits per heavy atom. The maximum absolute atomic E-state index is 13.1. The van der Waals surface area contributed by atoms with Gasteiger partial charge in [0.25, 0.3) is 0 Å². The van der Waals surface area contributed by atoms with Gasteiger partial charge >= 0.3 is 0 Å². The Hall–Kier alpha value is -2.51. The lowest BCUT2D eigenvalue weighted by Gasteiger charge is -2.27. The van der Waals surface area contributed by atoms with Gasteiger partial charge in [-0.1, -0.05) is 38.4 Å². The first-order valence-corrected chi connectivity index (χ1v) is 14.8. The molecule has 0 fully saturated rings. The molecule has 0 aromatic heterocycles. The first-order valence-electron chi connectivity index (χ1n) is 12.2. The summed E-state index contributed by atoms with van der Waals surface area (Å²) >= 11 is 6.35. The predicted octanol–water partition coefficient (Wildman–Crippen LogP) is 3.40. The van der Waals surface area contributed by atoms with Gasteiger partial charge in [0.15, 0.2) is 6.29 Å². The van der Waals surface area contributed by atoms with Crippen LogP contribution in [0.25, 0.3) is 0 Å². The number of ketones is 1. The minimum absolute atomic E-state index is 0.0263. The third-order valence-corrected chi connectivity index (χ3v) is 6.14. The molecule has 9 nitrogen and oxygen atoms in total. The van der Waals surface area contributed by atoms with Crippen molar-refractivity contribution in [3.05, 3.63) is 28.8 Å². The zero-order valence-corrected chi connectivity index (χ0v) is 24.1. The highest BCUT2D eigenvalue weighted by atomic mass is 35.5. The maximum atomic E-state index is 13.1. The number of hydrogen-bond acceptors (Lipinski definition) is 6. The normalized spacial score (nSPS) is 12.9. The van der Waals surface area contributed by atoms with E-state index in [4.69, 9.17) is 16.1 Å². The molecule has 11 heteroatoms. The van der Waals surface area contributed by atoms with Crippen molar-refractivity contribution in [1.82, 2.24) is 16.0 Å². The summed E-state index contributed by atoms with van der Waals surface area (Å²) in [6.07, 6.45) is 0.824. The summed E-state index contributed by atoms with van der Waals surface area (Å²) < 4.78 is 5.69. The number of nitrogens with one attached hydrogen (secondary N) is 3. The molecular formula is C26H39ClN3O6P. The molecule has 0 aliphatic carbocycles. The Balaban J connectivity index is 2.87. The number of amides is 3. The van der Waals surface area contributed by atoms with E-state index in [0.29, 0.717) is 30.2 Å². The summed E-state index contributed by atoms with van der Waals surface area (Å²) in [6.45, 7) is 11.9. The molecule has 0 saturated heterocycles. The number of rotatable bonds is 15. The fourth-order valence-electron chi connectivity index (χ4n) is 3.54. The molecule has 3 amide bonds. The number of carbonyl (C=O) groups is 5. The van der Waals surface area contributed by atoms with Gasteiger partial charge in [-0.05, 0) is 62.6 Å². The third kappa shape index (κ3) is 13.0. The molecule has 3 N–H and O–H groups in total. The third-order valence-electron chi connectivity index (χ3n) is 5.21. The number of carbonyl (C=O) groups excluding carboxylic acids is 5. The minimum atomic E-state index is -1.15. The summed E-state index contributed by atoms with van der Waals surface area (Å²) in [6, 6.07) is 3.26. The average molecular weight is 556 g/mol. The van der Waals surface area contributed by atoms with E-state index in [9.17, 15) is 24.0 Å². The van der Waals surface area contributed by atoms with Gasteiger partial charge in [0.05, 0.1) is 14.2 Å². The fourth-order valence-corrected chi connectivity index (χ4v) is 4.34. The number of halogens is 1. The topological polar surface area (TPSA) is 131 Å². The highest BCUT2D eigenvalue weighted by molar-refractivity contribution is 7.51. The Morgan fingerprint density at radius 3 is 2.27 bits per heavy atom. The smallest absolute Gasteiger partial charge is 0.243 e. The fraction of sp³-hybridized carbons (Fsp3) is 0.577. The van der Waals surface area contributed by atoms with Crippen LogP contribution in [-0.2, 0) is 30.4 Å². The Bertz CT molecular complexity index is 964. The van der Waals surface area contributed by atoms with Crippen LogP contribution in [0.4, 0.5) is 0 Å². The Kier molecular flexibility index (Phi) is 13.8. The van der Waals surface area contributed by atoms with E-state index in [1.165, 1.54) is 0 Å². The van der Waals surface area contributed by atoms with E-state index in [-0.39, 0.29) is 42.8 Å². The number of Topliss-reactive ketones (excluding diaryl/α,β-unsaturated/α-hetero) is 1. The van der Waals surface area contributed by atoms with Gasteiger partial charge < -0.3 is 20.5 Å². The summed E-state index contributed by atoms with van der Waals surface area (Å²) in [5.74, 6) is -1.40. The van der Waals surface area contributed by atoms with Crippen molar-refractivity contribution in [3.8, 4) is 5.75 Å². The van der Waals surface area contributed by atoms with Crippen LogP contribution in [0.15, 0.2) is 18.2 Å². The summed E-state index contributed by atoms with van der Waals surface area (Å²) in [7, 11) is -0.586. The van der Waals surface area contributed by atoms with Gasteiger partial charge in [-0.2, -0.15) is 0 Å². The standard InChI is InChI=1S/C26H39ClN3O6P/c1-7-28-23(33)13-11-20(22(32)16-31)30-25(35)21(15-26(2,3)4)29-24(34)12-9-17-8-10-18(14-19(17)27)36-37(5)6/h8,10,14,16,20-21H,7,9,11-13,15H2,1-6H3,(H,28,33)(H,29,34)(H,30,35). The van der Waals surface area contributed by atoms with E-state index >= 15 is 0 Å². The zero-order valence-electron chi connectivity index (χ0n) is 22.5. The molecular weight excluding hydrogens is 517 g/mol. The van der Waals surface area contributed by atoms with Crippen LogP contribution in [-0.4, -0.2) is 61.7 Å². The van der Waals surface area contributed by atoms with Crippen molar-refractivity contribution >= 4 is 49.5 Å². The first kappa shape index (κ1) is 32.5. The minimum Gasteiger partial charge on any atom is -0.475 e. The van der Waals surface area contributed by atoms with E-state index in [0.717, 1.165) is 5.56 Å². The van der Waals surface area contributed by atoms with Crippen molar-refractivity contribution in [3.63, 3.8) is 0 Å². The van der Waals surface area contributed by atoms with E-state index in [1.807, 2.05) is 46.2 Å². The molecule has 0 aliphatic heterocycles. The van der Waals surface area contributed by atoms with Crippen LogP contribution in [0.3, 0.4) is 0 Å². The molecule has 1 aromatic rings. The van der Waals surface area contributed by atoms with E-state index in [1.54, 1.807) is 13.0 Å². The number of hydrogen-bond donors (Lipinski definition) is 3. The molecule has 0 saturated carbocycles. The van der Waals surface area contributed by atoms with Gasteiger partial charge in [-0.3, -0.25) is 24.0 Å². The van der Waals surface area contributed by atoms with Gasteiger partial charge in [-0.15, -0.1) is 0 Å². The predicted molar refractivity (Wildman–Crippen MR) is 146 cm³/mol. The SMILES string of the molecule is CCNC(=O)CCC(NC(=O)C(CC(C)(C)C)NC(=O)CCc1ccc(OP(C)C)cc1Cl)C(=O)C=O. The number of aryl methyl sites for hydroxylation is 1. The highest BCUT2D eigenvalue weighted by Crippen LogP contribution is 2.32. The summed E-state index contributed by atoms with van der Waals surface area (Å²) in [5.41, 5.74) is 0.455. The average Bonchev–Trinajstić information content (AvgIpc) is 2.79. The monoisotopic (exact) mass is 555 g/mol. The Labute approximate surface area is 225 Å². The van der Waals surface area contributed by atoms with Crippen LogP contribution in [0.5, 0.6) is 5.75 Å². The molecule has 1 aromatic carbocycles. The van der Waals surface area contributed by atoms with Gasteiger partial charge in [0.2, 0.25) is 23.5 Å². The summed E-state index contributed by atoms with van der Waals surface area (Å²) in [4.78, 5) is 60.9. The van der Waals surface area contributed by atoms with E-state index < -0.39 is 31.9 Å². The van der Waals surface area contributed by atoms with Gasteiger partial charge in [-0.25, -0.2) is 0 Å². The highest BCUT2D eigenvalue weighted by Gasteiger charge is 2.30. The number of aldehydes is 1. The van der Waals surface area contributed by atoms with Gasteiger partial charge in [0.1, 0.15) is 11.8 Å².